The van der Waals surface area contributed by atoms with Crippen LogP contribution < -0.4 is 0 Å². The molecular formula is C7H14O2. The topological polar surface area (TPSA) is 29.5 Å². The third kappa shape index (κ3) is 1.66. The van der Waals surface area contributed by atoms with E-state index in [1.165, 1.54) is 0 Å². The van der Waals surface area contributed by atoms with E-state index in [1.807, 2.05) is 6.92 Å². The van der Waals surface area contributed by atoms with E-state index in [2.05, 4.69) is 6.92 Å². The molecule has 1 aliphatic rings. The van der Waals surface area contributed by atoms with Gasteiger partial charge in [-0.1, -0.05) is 6.92 Å². The maximum Gasteiger partial charge on any atom is 0.0543 e. The maximum atomic E-state index is 9.00. The van der Waals surface area contributed by atoms with E-state index >= 15 is 0 Å². The zero-order chi connectivity index (χ0) is 6.91. The van der Waals surface area contributed by atoms with Gasteiger partial charge in [0.25, 0.3) is 0 Å². The number of rotatable bonds is 2. The van der Waals surface area contributed by atoms with Crippen molar-refractivity contribution in [2.75, 3.05) is 13.2 Å². The van der Waals surface area contributed by atoms with E-state index in [0.29, 0.717) is 0 Å². The highest BCUT2D eigenvalue weighted by Crippen LogP contribution is 2.31. The van der Waals surface area contributed by atoms with Crippen LogP contribution >= 0.6 is 0 Å². The number of ether oxygens (including phenoxy) is 1. The predicted octanol–water partition coefficient (Wildman–Crippen LogP) is 0.794. The molecule has 2 nitrogen and oxygen atoms in total. The Bertz CT molecular complexity index is 95.1. The smallest absolute Gasteiger partial charge is 0.0543 e. The van der Waals surface area contributed by atoms with Crippen LogP contribution in [0.5, 0.6) is 0 Å². The van der Waals surface area contributed by atoms with E-state index < -0.39 is 0 Å². The van der Waals surface area contributed by atoms with Crippen molar-refractivity contribution in [3.63, 3.8) is 0 Å². The maximum absolute atomic E-state index is 9.00. The lowest BCUT2D eigenvalue weighted by molar-refractivity contribution is -0.119. The van der Waals surface area contributed by atoms with Crippen molar-refractivity contribution in [3.8, 4) is 0 Å². The minimum Gasteiger partial charge on any atom is -0.393 e. The third-order valence-electron chi connectivity index (χ3n) is 1.69. The minimum absolute atomic E-state index is 0.182. The summed E-state index contributed by atoms with van der Waals surface area (Å²) in [5.74, 6) is 0. The van der Waals surface area contributed by atoms with Gasteiger partial charge >= 0.3 is 0 Å². The van der Waals surface area contributed by atoms with Gasteiger partial charge in [-0.15, -0.1) is 0 Å². The van der Waals surface area contributed by atoms with Crippen molar-refractivity contribution in [2.24, 2.45) is 5.41 Å². The van der Waals surface area contributed by atoms with Gasteiger partial charge < -0.3 is 9.84 Å². The Labute approximate surface area is 55.8 Å². The van der Waals surface area contributed by atoms with Gasteiger partial charge in [0.1, 0.15) is 0 Å². The molecule has 0 aromatic heterocycles. The highest BCUT2D eigenvalue weighted by molar-refractivity contribution is 4.81. The summed E-state index contributed by atoms with van der Waals surface area (Å²) in [6, 6.07) is 0. The van der Waals surface area contributed by atoms with Gasteiger partial charge in [0.2, 0.25) is 0 Å². The Hall–Kier alpha value is -0.0800. The van der Waals surface area contributed by atoms with Crippen molar-refractivity contribution in [2.45, 2.75) is 26.4 Å². The van der Waals surface area contributed by atoms with Crippen LogP contribution in [0.3, 0.4) is 0 Å². The Morgan fingerprint density at radius 1 is 1.67 bits per heavy atom. The lowest BCUT2D eigenvalue weighted by Gasteiger charge is -2.38. The van der Waals surface area contributed by atoms with Gasteiger partial charge in [0.05, 0.1) is 19.3 Å². The van der Waals surface area contributed by atoms with Crippen LogP contribution in [0.2, 0.25) is 0 Å². The number of aliphatic hydroxyl groups excluding tert-OH is 1. The summed E-state index contributed by atoms with van der Waals surface area (Å²) >= 11 is 0. The molecular weight excluding hydrogens is 116 g/mol. The Balaban J connectivity index is 2.24. The van der Waals surface area contributed by atoms with Gasteiger partial charge in [-0.05, 0) is 13.3 Å². The summed E-state index contributed by atoms with van der Waals surface area (Å²) < 4.78 is 5.03. The number of aliphatic hydroxyl groups is 1. The van der Waals surface area contributed by atoms with Crippen molar-refractivity contribution in [1.82, 2.24) is 0 Å². The van der Waals surface area contributed by atoms with Crippen LogP contribution in [0.25, 0.3) is 0 Å². The van der Waals surface area contributed by atoms with E-state index in [1.54, 1.807) is 0 Å². The zero-order valence-corrected chi connectivity index (χ0v) is 6.05. The normalized spacial score (nSPS) is 27.0. The standard InChI is InChI=1S/C7H14O2/c1-6(8)3-7(2)4-9-5-7/h6,8H,3-5H2,1-2H3/t6-/m0/s1. The molecule has 1 rings (SSSR count). The number of hydrogen-bond acceptors (Lipinski definition) is 2. The van der Waals surface area contributed by atoms with Gasteiger partial charge in [0.15, 0.2) is 0 Å². The summed E-state index contributed by atoms with van der Waals surface area (Å²) in [6.07, 6.45) is 0.686. The fourth-order valence-corrected chi connectivity index (χ4v) is 1.28. The molecule has 1 heterocycles. The van der Waals surface area contributed by atoms with Gasteiger partial charge in [-0.3, -0.25) is 0 Å². The molecule has 0 unspecified atom stereocenters. The molecule has 0 bridgehead atoms. The zero-order valence-electron chi connectivity index (χ0n) is 6.05. The molecule has 1 aliphatic heterocycles. The Kier molecular flexibility index (Phi) is 1.78. The average molecular weight is 130 g/mol. The Morgan fingerprint density at radius 2 is 2.22 bits per heavy atom. The van der Waals surface area contributed by atoms with Crippen molar-refractivity contribution >= 4 is 0 Å². The molecule has 1 atom stereocenters. The molecule has 0 aromatic rings. The van der Waals surface area contributed by atoms with Crippen LogP contribution in [0.15, 0.2) is 0 Å². The monoisotopic (exact) mass is 130 g/mol. The molecule has 0 saturated carbocycles. The molecule has 1 N–H and O–H groups in total. The van der Waals surface area contributed by atoms with Crippen molar-refractivity contribution < 1.29 is 9.84 Å². The minimum atomic E-state index is -0.182. The molecule has 2 heteroatoms. The van der Waals surface area contributed by atoms with E-state index in [0.717, 1.165) is 19.6 Å². The van der Waals surface area contributed by atoms with E-state index in [9.17, 15) is 0 Å². The number of hydrogen-bond donors (Lipinski definition) is 1. The third-order valence-corrected chi connectivity index (χ3v) is 1.69. The highest BCUT2D eigenvalue weighted by Gasteiger charge is 2.34. The second-order valence-electron chi connectivity index (χ2n) is 3.36. The summed E-state index contributed by atoms with van der Waals surface area (Å²) in [5.41, 5.74) is 0.272. The Morgan fingerprint density at radius 3 is 2.33 bits per heavy atom. The second-order valence-corrected chi connectivity index (χ2v) is 3.36. The van der Waals surface area contributed by atoms with Crippen molar-refractivity contribution in [1.29, 1.82) is 0 Å². The lowest BCUT2D eigenvalue weighted by atomic mass is 9.83. The molecule has 0 aliphatic carbocycles. The molecule has 1 fully saturated rings. The molecule has 0 spiro atoms. The first-order valence-corrected chi connectivity index (χ1v) is 3.38. The summed E-state index contributed by atoms with van der Waals surface area (Å²) in [7, 11) is 0. The van der Waals surface area contributed by atoms with Crippen molar-refractivity contribution in [3.05, 3.63) is 0 Å². The molecule has 0 amide bonds. The second kappa shape index (κ2) is 2.27. The van der Waals surface area contributed by atoms with Crippen LogP contribution in [0.1, 0.15) is 20.3 Å². The van der Waals surface area contributed by atoms with E-state index in [4.69, 9.17) is 9.84 Å². The van der Waals surface area contributed by atoms with Crippen LogP contribution in [0, 0.1) is 5.41 Å². The SMILES string of the molecule is C[C@H](O)CC1(C)COC1. The summed E-state index contributed by atoms with van der Waals surface area (Å²) in [4.78, 5) is 0. The fraction of sp³-hybridized carbons (Fsp3) is 1.00. The van der Waals surface area contributed by atoms with Gasteiger partial charge in [0, 0.05) is 5.41 Å². The molecule has 9 heavy (non-hydrogen) atoms. The quantitative estimate of drug-likeness (QED) is 0.599. The highest BCUT2D eigenvalue weighted by atomic mass is 16.5. The summed E-state index contributed by atoms with van der Waals surface area (Å²) in [5, 5.41) is 9.00. The van der Waals surface area contributed by atoms with Gasteiger partial charge in [-0.2, -0.15) is 0 Å². The predicted molar refractivity (Wildman–Crippen MR) is 35.2 cm³/mol. The lowest BCUT2D eigenvalue weighted by Crippen LogP contribution is -2.41. The molecule has 54 valence electrons. The van der Waals surface area contributed by atoms with Gasteiger partial charge in [-0.25, -0.2) is 0 Å². The first-order valence-electron chi connectivity index (χ1n) is 3.38. The molecule has 0 radical (unpaired) electrons. The molecule has 1 saturated heterocycles. The fourth-order valence-electron chi connectivity index (χ4n) is 1.28. The van der Waals surface area contributed by atoms with Crippen LogP contribution in [0.4, 0.5) is 0 Å². The van der Waals surface area contributed by atoms with E-state index in [-0.39, 0.29) is 11.5 Å². The summed E-state index contributed by atoms with van der Waals surface area (Å²) in [6.45, 7) is 5.60. The first kappa shape index (κ1) is 7.03. The average Bonchev–Trinajstić information content (AvgIpc) is 1.60. The molecule has 0 aromatic carbocycles. The van der Waals surface area contributed by atoms with Crippen LogP contribution in [-0.4, -0.2) is 24.4 Å². The first-order chi connectivity index (χ1) is 4.12. The largest absolute Gasteiger partial charge is 0.393 e. The van der Waals surface area contributed by atoms with Crippen LogP contribution in [-0.2, 0) is 4.74 Å².